The average molecular weight is 816 g/mol. The Morgan fingerprint density at radius 1 is 0.810 bits per heavy atom. The minimum atomic E-state index is -2.11. The Kier molecular flexibility index (Phi) is 14.6. The van der Waals surface area contributed by atoms with Gasteiger partial charge in [-0.1, -0.05) is 60.7 Å². The Hall–Kier alpha value is -5.36. The van der Waals surface area contributed by atoms with Crippen LogP contribution in [0.2, 0.25) is 0 Å². The van der Waals surface area contributed by atoms with Crippen LogP contribution in [0, 0.1) is 6.92 Å². The van der Waals surface area contributed by atoms with E-state index in [-0.39, 0.29) is 18.4 Å². The van der Waals surface area contributed by atoms with Crippen molar-refractivity contribution in [1.82, 2.24) is 25.5 Å². The summed E-state index contributed by atoms with van der Waals surface area (Å²) in [5.41, 5.74) is -0.192. The monoisotopic (exact) mass is 815 g/mol. The molecule has 2 aliphatic heterocycles. The van der Waals surface area contributed by atoms with Crippen molar-refractivity contribution in [3.05, 3.63) is 104 Å². The maximum Gasteiger partial charge on any atom is 0.335 e. The van der Waals surface area contributed by atoms with Gasteiger partial charge in [-0.05, 0) is 18.1 Å². The number of aliphatic hydroxyl groups excluding tert-OH is 6. The predicted octanol–water partition coefficient (Wildman–Crippen LogP) is -4.87. The molecule has 21 nitrogen and oxygen atoms in total. The fourth-order valence-corrected chi connectivity index (χ4v) is 6.51. The number of hydrogen-bond donors (Lipinski definition) is 11. The van der Waals surface area contributed by atoms with E-state index in [1.54, 1.807) is 60.7 Å². The smallest absolute Gasteiger partial charge is 0.335 e. The number of rotatable bonds is 15. The van der Waals surface area contributed by atoms with Crippen LogP contribution in [-0.2, 0) is 52.8 Å². The zero-order valence-corrected chi connectivity index (χ0v) is 30.9. The number of benzene rings is 2. The maximum absolute atomic E-state index is 14.2. The molecule has 0 aliphatic carbocycles. The largest absolute Gasteiger partial charge is 0.479 e. The molecule has 5 rings (SSSR count). The van der Waals surface area contributed by atoms with Gasteiger partial charge in [-0.15, -0.1) is 0 Å². The molecule has 2 fully saturated rings. The first-order valence-electron chi connectivity index (χ1n) is 18.1. The van der Waals surface area contributed by atoms with E-state index < -0.39 is 122 Å². The third-order valence-electron chi connectivity index (χ3n) is 9.64. The predicted molar refractivity (Wildman–Crippen MR) is 195 cm³/mol. The number of H-pyrrole nitrogens is 1. The van der Waals surface area contributed by atoms with Crippen LogP contribution in [-0.4, -0.2) is 149 Å². The van der Waals surface area contributed by atoms with Gasteiger partial charge in [0, 0.05) is 24.6 Å². The maximum atomic E-state index is 14.2. The Bertz CT molecular complexity index is 2020. The molecule has 0 saturated carbocycles. The summed E-state index contributed by atoms with van der Waals surface area (Å²) in [6.45, 7) is -0.0283. The number of aryl methyl sites for hydroxylation is 1. The van der Waals surface area contributed by atoms with Crippen LogP contribution < -0.4 is 27.2 Å². The summed E-state index contributed by atoms with van der Waals surface area (Å²) in [7, 11) is 0. The molecule has 2 aliphatic rings. The standard InChI is InChI=1S/C37H45N5O16/c1-17-14-42(37(55)41-31(17)49)15-23(44)38-20(12-18-8-4-2-5-9-18)32(50)39-21(13-19-10-6-3-7-11-19)33(51)40-24-29(25(45)22(16-43)56-35(24)54)57-36-28(48)26(46)27(47)30(58-36)34(52)53/h2-11,14,20-22,24-30,35-36,43,45-48,54H,12-13,15-16H2,1H3,(H,38,44)(H,39,50)(H,40,51)(H,52,53)(H,41,49,55). The number of nitrogens with zero attached hydrogens (tertiary/aromatic N) is 1. The Morgan fingerprint density at radius 3 is 1.97 bits per heavy atom. The van der Waals surface area contributed by atoms with Gasteiger partial charge in [0.25, 0.3) is 5.56 Å². The van der Waals surface area contributed by atoms with Crippen LogP contribution >= 0.6 is 0 Å². The van der Waals surface area contributed by atoms with Gasteiger partial charge in [0.2, 0.25) is 17.7 Å². The second-order valence-electron chi connectivity index (χ2n) is 13.9. The van der Waals surface area contributed by atoms with Crippen molar-refractivity contribution < 1.29 is 69.1 Å². The summed E-state index contributed by atoms with van der Waals surface area (Å²) in [6.07, 6.45) is -16.9. The molecule has 0 radical (unpaired) electrons. The van der Waals surface area contributed by atoms with Crippen molar-refractivity contribution in [1.29, 1.82) is 0 Å². The van der Waals surface area contributed by atoms with Crippen molar-refractivity contribution in [3.63, 3.8) is 0 Å². The van der Waals surface area contributed by atoms with E-state index in [0.29, 0.717) is 11.1 Å². The van der Waals surface area contributed by atoms with Crippen molar-refractivity contribution >= 4 is 23.7 Å². The first kappa shape index (κ1) is 43.8. The Balaban J connectivity index is 1.41. The van der Waals surface area contributed by atoms with E-state index in [1.165, 1.54) is 13.1 Å². The van der Waals surface area contributed by atoms with E-state index >= 15 is 0 Å². The van der Waals surface area contributed by atoms with Gasteiger partial charge in [0.1, 0.15) is 61.3 Å². The zero-order chi connectivity index (χ0) is 42.3. The molecule has 0 bridgehead atoms. The molecule has 3 amide bonds. The van der Waals surface area contributed by atoms with E-state index in [4.69, 9.17) is 14.2 Å². The summed E-state index contributed by atoms with van der Waals surface area (Å²) in [5.74, 6) is -4.40. The average Bonchev–Trinajstić information content (AvgIpc) is 3.19. The minimum absolute atomic E-state index is 0.0843. The summed E-state index contributed by atoms with van der Waals surface area (Å²) < 4.78 is 17.1. The number of carboxylic acids is 1. The zero-order valence-electron chi connectivity index (χ0n) is 30.9. The number of carbonyl (C=O) groups is 4. The number of nitrogens with one attached hydrogen (secondary N) is 4. The first-order chi connectivity index (χ1) is 27.6. The highest BCUT2D eigenvalue weighted by atomic mass is 16.7. The lowest BCUT2D eigenvalue weighted by Crippen LogP contribution is -2.69. The third kappa shape index (κ3) is 10.6. The summed E-state index contributed by atoms with van der Waals surface area (Å²) >= 11 is 0. The van der Waals surface area contributed by atoms with Gasteiger partial charge in [-0.25, -0.2) is 9.59 Å². The van der Waals surface area contributed by atoms with Crippen molar-refractivity contribution in [3.8, 4) is 0 Å². The van der Waals surface area contributed by atoms with Gasteiger partial charge in [-0.3, -0.25) is 28.7 Å². The lowest BCUT2D eigenvalue weighted by atomic mass is 9.94. The number of hydrogen-bond acceptors (Lipinski definition) is 15. The highest BCUT2D eigenvalue weighted by Gasteiger charge is 2.52. The highest BCUT2D eigenvalue weighted by Crippen LogP contribution is 2.29. The van der Waals surface area contributed by atoms with E-state index in [2.05, 4.69) is 20.9 Å². The number of aliphatic hydroxyl groups is 6. The van der Waals surface area contributed by atoms with Gasteiger partial charge >= 0.3 is 11.7 Å². The van der Waals surface area contributed by atoms with Gasteiger partial charge in [0.15, 0.2) is 18.7 Å². The number of aliphatic carboxylic acids is 1. The topological polar surface area (TPSA) is 329 Å². The summed E-state index contributed by atoms with van der Waals surface area (Å²) in [4.78, 5) is 79.5. The van der Waals surface area contributed by atoms with Crippen LogP contribution in [0.5, 0.6) is 0 Å². The number of ether oxygens (including phenoxy) is 3. The van der Waals surface area contributed by atoms with Crippen LogP contribution in [0.4, 0.5) is 0 Å². The lowest BCUT2D eigenvalue weighted by Gasteiger charge is -2.46. The van der Waals surface area contributed by atoms with E-state index in [1.807, 2.05) is 0 Å². The molecule has 12 atom stereocenters. The number of amides is 3. The summed E-state index contributed by atoms with van der Waals surface area (Å²) in [6, 6.07) is 12.3. The second kappa shape index (κ2) is 19.4. The number of aromatic amines is 1. The van der Waals surface area contributed by atoms with E-state index in [9.17, 15) is 64.5 Å². The molecule has 0 spiro atoms. The molecule has 2 saturated heterocycles. The second-order valence-corrected chi connectivity index (χ2v) is 13.9. The molecule has 11 N–H and O–H groups in total. The van der Waals surface area contributed by atoms with Gasteiger partial charge in [-0.2, -0.15) is 0 Å². The van der Waals surface area contributed by atoms with Crippen molar-refractivity contribution in [2.75, 3.05) is 6.61 Å². The fourth-order valence-electron chi connectivity index (χ4n) is 6.51. The summed E-state index contributed by atoms with van der Waals surface area (Å²) in [5, 5.41) is 80.1. The number of carbonyl (C=O) groups excluding carboxylic acids is 3. The lowest BCUT2D eigenvalue weighted by molar-refractivity contribution is -0.336. The Morgan fingerprint density at radius 2 is 1.40 bits per heavy atom. The molecular weight excluding hydrogens is 770 g/mol. The van der Waals surface area contributed by atoms with E-state index in [0.717, 1.165) is 4.57 Å². The molecule has 1 aromatic heterocycles. The first-order valence-corrected chi connectivity index (χ1v) is 18.1. The minimum Gasteiger partial charge on any atom is -0.479 e. The molecule has 21 heteroatoms. The molecule has 3 aromatic rings. The molecule has 2 aromatic carbocycles. The number of aromatic nitrogens is 2. The normalized spacial score (nSPS) is 28.1. The third-order valence-corrected chi connectivity index (χ3v) is 9.64. The highest BCUT2D eigenvalue weighted by molar-refractivity contribution is 5.92. The van der Waals surface area contributed by atoms with Crippen molar-refractivity contribution in [2.24, 2.45) is 0 Å². The fraction of sp³-hybridized carbons (Fsp3) is 0.459. The van der Waals surface area contributed by atoms with Crippen LogP contribution in [0.15, 0.2) is 76.4 Å². The SMILES string of the molecule is Cc1cn(CC(=O)NC(Cc2ccccc2)C(=O)NC(Cc2ccccc2)C(=O)NC2C(O)OC(CO)C(O)C2OC2OC(C(=O)O)C(O)C(O)C2O)c(=O)[nH]c1=O. The molecule has 3 heterocycles. The molecule has 314 valence electrons. The molecule has 58 heavy (non-hydrogen) atoms. The Labute approximate surface area is 328 Å². The van der Waals surface area contributed by atoms with Crippen LogP contribution in [0.1, 0.15) is 16.7 Å². The quantitative estimate of drug-likeness (QED) is 0.0685. The van der Waals surface area contributed by atoms with Crippen LogP contribution in [0.3, 0.4) is 0 Å². The van der Waals surface area contributed by atoms with Crippen molar-refractivity contribution in [2.45, 2.75) is 99.7 Å². The van der Waals surface area contributed by atoms with Gasteiger partial charge < -0.3 is 65.9 Å². The molecular formula is C37H45N5O16. The number of carboxylic acid groups (broad SMARTS) is 1. The van der Waals surface area contributed by atoms with Gasteiger partial charge in [0.05, 0.1) is 6.61 Å². The van der Waals surface area contributed by atoms with Crippen LogP contribution in [0.25, 0.3) is 0 Å². The molecule has 12 unspecified atom stereocenters.